The standard InChI is InChI=1S/C11H8F3NO/c1-6-2-3-9-7(4-6)8(5-15-9)10(16)11(12,13)14/h2-5,15H,1H3. The average molecular weight is 227 g/mol. The molecule has 5 heteroatoms. The molecule has 0 amide bonds. The Morgan fingerprint density at radius 3 is 2.62 bits per heavy atom. The maximum Gasteiger partial charge on any atom is 0.454 e. The molecule has 0 aliphatic rings. The van der Waals surface area contributed by atoms with Gasteiger partial charge in [-0.3, -0.25) is 4.79 Å². The predicted octanol–water partition coefficient (Wildman–Crippen LogP) is 3.22. The van der Waals surface area contributed by atoms with Crippen LogP contribution in [0.4, 0.5) is 13.2 Å². The van der Waals surface area contributed by atoms with E-state index in [4.69, 9.17) is 0 Å². The Kier molecular flexibility index (Phi) is 2.26. The summed E-state index contributed by atoms with van der Waals surface area (Å²) in [7, 11) is 0. The molecule has 2 nitrogen and oxygen atoms in total. The van der Waals surface area contributed by atoms with E-state index in [1.165, 1.54) is 0 Å². The van der Waals surface area contributed by atoms with Crippen LogP contribution in [0.15, 0.2) is 24.4 Å². The van der Waals surface area contributed by atoms with Crippen LogP contribution >= 0.6 is 0 Å². The molecule has 2 rings (SSSR count). The minimum atomic E-state index is -4.83. The first-order chi connectivity index (χ1) is 7.39. The summed E-state index contributed by atoms with van der Waals surface area (Å²) in [6.07, 6.45) is -3.74. The molecule has 1 heterocycles. The maximum atomic E-state index is 12.3. The van der Waals surface area contributed by atoms with Gasteiger partial charge in [-0.1, -0.05) is 11.6 Å². The Labute approximate surface area is 89.1 Å². The first-order valence-corrected chi connectivity index (χ1v) is 4.59. The molecule has 1 aromatic carbocycles. The van der Waals surface area contributed by atoms with E-state index in [1.54, 1.807) is 25.1 Å². The molecular formula is C11H8F3NO. The Morgan fingerprint density at radius 2 is 2.00 bits per heavy atom. The predicted molar refractivity (Wildman–Crippen MR) is 53.4 cm³/mol. The van der Waals surface area contributed by atoms with Gasteiger partial charge in [-0.2, -0.15) is 13.2 Å². The number of aromatic amines is 1. The van der Waals surface area contributed by atoms with Crippen LogP contribution in [0, 0.1) is 6.92 Å². The third-order valence-corrected chi connectivity index (χ3v) is 2.34. The van der Waals surface area contributed by atoms with Crippen molar-refractivity contribution in [3.8, 4) is 0 Å². The van der Waals surface area contributed by atoms with Gasteiger partial charge in [-0.25, -0.2) is 0 Å². The number of rotatable bonds is 1. The van der Waals surface area contributed by atoms with Gasteiger partial charge in [-0.05, 0) is 19.1 Å². The highest BCUT2D eigenvalue weighted by Crippen LogP contribution is 2.27. The van der Waals surface area contributed by atoms with E-state index in [-0.39, 0.29) is 5.56 Å². The number of aromatic nitrogens is 1. The Hall–Kier alpha value is -1.78. The normalized spacial score (nSPS) is 12.0. The fraction of sp³-hybridized carbons (Fsp3) is 0.182. The lowest BCUT2D eigenvalue weighted by Gasteiger charge is -2.03. The van der Waals surface area contributed by atoms with Crippen molar-refractivity contribution in [2.75, 3.05) is 0 Å². The van der Waals surface area contributed by atoms with Crippen molar-refractivity contribution < 1.29 is 18.0 Å². The van der Waals surface area contributed by atoms with E-state index in [0.29, 0.717) is 10.9 Å². The van der Waals surface area contributed by atoms with E-state index >= 15 is 0 Å². The molecule has 0 spiro atoms. The fourth-order valence-corrected chi connectivity index (χ4v) is 1.58. The number of hydrogen-bond acceptors (Lipinski definition) is 1. The molecule has 84 valence electrons. The number of alkyl halides is 3. The second-order valence-electron chi connectivity index (χ2n) is 3.58. The van der Waals surface area contributed by atoms with Crippen LogP contribution in [0.5, 0.6) is 0 Å². The highest BCUT2D eigenvalue weighted by molar-refractivity contribution is 6.10. The molecule has 0 radical (unpaired) electrons. The number of carbonyl (C=O) groups is 1. The number of nitrogens with one attached hydrogen (secondary N) is 1. The average Bonchev–Trinajstić information content (AvgIpc) is 2.57. The summed E-state index contributed by atoms with van der Waals surface area (Å²) in [5.41, 5.74) is 1.01. The molecule has 0 saturated carbocycles. The first-order valence-electron chi connectivity index (χ1n) is 4.59. The van der Waals surface area contributed by atoms with E-state index in [1.807, 2.05) is 0 Å². The summed E-state index contributed by atoms with van der Waals surface area (Å²) in [5, 5.41) is 0.308. The van der Waals surface area contributed by atoms with Crippen molar-refractivity contribution in [3.05, 3.63) is 35.5 Å². The number of benzene rings is 1. The number of aryl methyl sites for hydroxylation is 1. The third kappa shape index (κ3) is 1.68. The van der Waals surface area contributed by atoms with Gasteiger partial charge in [0.1, 0.15) is 0 Å². The van der Waals surface area contributed by atoms with Crippen LogP contribution in [-0.2, 0) is 0 Å². The van der Waals surface area contributed by atoms with Crippen molar-refractivity contribution in [1.29, 1.82) is 0 Å². The molecule has 2 aromatic rings. The Balaban J connectivity index is 2.62. The molecule has 0 fully saturated rings. The largest absolute Gasteiger partial charge is 0.454 e. The third-order valence-electron chi connectivity index (χ3n) is 2.34. The molecule has 0 unspecified atom stereocenters. The highest BCUT2D eigenvalue weighted by Gasteiger charge is 2.40. The van der Waals surface area contributed by atoms with Crippen LogP contribution in [0.3, 0.4) is 0 Å². The van der Waals surface area contributed by atoms with Crippen LogP contribution < -0.4 is 0 Å². The number of ketones is 1. The van der Waals surface area contributed by atoms with Crippen LogP contribution in [0.25, 0.3) is 10.9 Å². The Bertz CT molecular complexity index is 554. The van der Waals surface area contributed by atoms with Crippen molar-refractivity contribution in [1.82, 2.24) is 4.98 Å². The van der Waals surface area contributed by atoms with Crippen molar-refractivity contribution in [2.24, 2.45) is 0 Å². The number of carbonyl (C=O) groups excluding carboxylic acids is 1. The summed E-state index contributed by atoms with van der Waals surface area (Å²) in [6.45, 7) is 1.76. The van der Waals surface area contributed by atoms with Gasteiger partial charge in [0.05, 0.1) is 5.56 Å². The highest BCUT2D eigenvalue weighted by atomic mass is 19.4. The zero-order chi connectivity index (χ0) is 11.9. The summed E-state index contributed by atoms with van der Waals surface area (Å²) in [6, 6.07) is 4.98. The van der Waals surface area contributed by atoms with Gasteiger partial charge in [-0.15, -0.1) is 0 Å². The van der Waals surface area contributed by atoms with Crippen LogP contribution in [0.2, 0.25) is 0 Å². The van der Waals surface area contributed by atoms with Crippen molar-refractivity contribution in [2.45, 2.75) is 13.1 Å². The van der Waals surface area contributed by atoms with E-state index in [9.17, 15) is 18.0 Å². The molecule has 0 atom stereocenters. The number of halogens is 3. The van der Waals surface area contributed by atoms with Gasteiger partial charge in [0.25, 0.3) is 5.78 Å². The van der Waals surface area contributed by atoms with Gasteiger partial charge >= 0.3 is 6.18 Å². The van der Waals surface area contributed by atoms with Crippen molar-refractivity contribution >= 4 is 16.7 Å². The zero-order valence-corrected chi connectivity index (χ0v) is 8.35. The first kappa shape index (κ1) is 10.7. The van der Waals surface area contributed by atoms with Gasteiger partial charge < -0.3 is 4.98 Å². The SMILES string of the molecule is Cc1ccc2[nH]cc(C(=O)C(F)(F)F)c2c1. The zero-order valence-electron chi connectivity index (χ0n) is 8.35. The minimum Gasteiger partial charge on any atom is -0.360 e. The topological polar surface area (TPSA) is 32.9 Å². The summed E-state index contributed by atoms with van der Waals surface area (Å²) >= 11 is 0. The molecular weight excluding hydrogens is 219 g/mol. The smallest absolute Gasteiger partial charge is 0.360 e. The fourth-order valence-electron chi connectivity index (χ4n) is 1.58. The van der Waals surface area contributed by atoms with Gasteiger partial charge in [0.15, 0.2) is 0 Å². The molecule has 0 aliphatic carbocycles. The van der Waals surface area contributed by atoms with Crippen LogP contribution in [0.1, 0.15) is 15.9 Å². The Morgan fingerprint density at radius 1 is 1.31 bits per heavy atom. The number of Topliss-reactive ketones (excluding diaryl/α,β-unsaturated/α-hetero) is 1. The molecule has 16 heavy (non-hydrogen) atoms. The number of H-pyrrole nitrogens is 1. The second kappa shape index (κ2) is 3.37. The lowest BCUT2D eigenvalue weighted by molar-refractivity contribution is -0.0884. The molecule has 0 aliphatic heterocycles. The summed E-state index contributed by atoms with van der Waals surface area (Å²) < 4.78 is 36.8. The number of hydrogen-bond donors (Lipinski definition) is 1. The lowest BCUT2D eigenvalue weighted by atomic mass is 10.1. The van der Waals surface area contributed by atoms with Gasteiger partial charge in [0, 0.05) is 17.1 Å². The summed E-state index contributed by atoms with van der Waals surface area (Å²) in [4.78, 5) is 13.8. The monoisotopic (exact) mass is 227 g/mol. The number of fused-ring (bicyclic) bond motifs is 1. The van der Waals surface area contributed by atoms with Crippen LogP contribution in [-0.4, -0.2) is 16.9 Å². The molecule has 0 saturated heterocycles. The quantitative estimate of drug-likeness (QED) is 0.745. The van der Waals surface area contributed by atoms with E-state index in [2.05, 4.69) is 4.98 Å². The molecule has 1 N–H and O–H groups in total. The maximum absolute atomic E-state index is 12.3. The minimum absolute atomic E-state index is 0.308. The van der Waals surface area contributed by atoms with E-state index < -0.39 is 12.0 Å². The lowest BCUT2D eigenvalue weighted by Crippen LogP contribution is -2.22. The molecule has 1 aromatic heterocycles. The van der Waals surface area contributed by atoms with Gasteiger partial charge in [0.2, 0.25) is 0 Å². The molecule has 0 bridgehead atoms. The van der Waals surface area contributed by atoms with Crippen molar-refractivity contribution in [3.63, 3.8) is 0 Å². The summed E-state index contributed by atoms with van der Waals surface area (Å²) in [5.74, 6) is -1.82. The second-order valence-corrected chi connectivity index (χ2v) is 3.58. The van der Waals surface area contributed by atoms with E-state index in [0.717, 1.165) is 11.8 Å².